The Morgan fingerprint density at radius 3 is 2.72 bits per heavy atom. The monoisotopic (exact) mass is 388 g/mol. The molecule has 1 aliphatic heterocycles. The molecule has 3 nitrogen and oxygen atoms in total. The van der Waals surface area contributed by atoms with E-state index >= 15 is 0 Å². The summed E-state index contributed by atoms with van der Waals surface area (Å²) in [4.78, 5) is 0. The molecular weight excluding hydrogens is 368 g/mol. The maximum atomic E-state index is 5.78. The van der Waals surface area contributed by atoms with E-state index in [4.69, 9.17) is 4.74 Å². The summed E-state index contributed by atoms with van der Waals surface area (Å²) in [5.74, 6) is 1.91. The molecule has 0 radical (unpaired) electrons. The second kappa shape index (κ2) is 8.54. The van der Waals surface area contributed by atoms with Crippen molar-refractivity contribution in [3.05, 3.63) is 48.0 Å². The molecule has 6 heteroatoms. The molecule has 25 heavy (non-hydrogen) atoms. The summed E-state index contributed by atoms with van der Waals surface area (Å²) < 4.78 is 7.88. The number of rotatable bonds is 6. The Balaban J connectivity index is 1.34. The average Bonchev–Trinajstić information content (AvgIpc) is 3.13. The predicted octanol–water partition coefficient (Wildman–Crippen LogP) is 5.64. The third-order valence-electron chi connectivity index (χ3n) is 4.29. The van der Waals surface area contributed by atoms with Crippen LogP contribution < -0.4 is 0 Å². The first-order valence-electron chi connectivity index (χ1n) is 8.56. The van der Waals surface area contributed by atoms with Gasteiger partial charge in [-0.05, 0) is 35.6 Å². The second-order valence-corrected chi connectivity index (χ2v) is 9.53. The maximum Gasteiger partial charge on any atom is 0.175 e. The van der Waals surface area contributed by atoms with E-state index in [-0.39, 0.29) is 0 Å². The van der Waals surface area contributed by atoms with Crippen molar-refractivity contribution < 1.29 is 4.74 Å². The first kappa shape index (κ1) is 17.3. The normalized spacial score (nSPS) is 17.8. The fourth-order valence-corrected chi connectivity index (χ4v) is 6.09. The van der Waals surface area contributed by atoms with Crippen LogP contribution in [0.25, 0.3) is 10.8 Å². The number of thioether (sulfide) groups is 2. The molecule has 0 bridgehead atoms. The zero-order chi connectivity index (χ0) is 16.9. The topological polar surface area (TPSA) is 35.0 Å². The number of hydrogen-bond acceptors (Lipinski definition) is 6. The lowest BCUT2D eigenvalue weighted by Crippen LogP contribution is -2.21. The lowest BCUT2D eigenvalue weighted by atomic mass is 10.1. The Morgan fingerprint density at radius 1 is 1.00 bits per heavy atom. The zero-order valence-corrected chi connectivity index (χ0v) is 16.3. The highest BCUT2D eigenvalue weighted by molar-refractivity contribution is 8.02. The third-order valence-corrected chi connectivity index (χ3v) is 7.66. The van der Waals surface area contributed by atoms with Gasteiger partial charge in [-0.1, -0.05) is 77.3 Å². The van der Waals surface area contributed by atoms with Gasteiger partial charge in [0.25, 0.3) is 0 Å². The van der Waals surface area contributed by atoms with Gasteiger partial charge in [0, 0.05) is 18.1 Å². The highest BCUT2D eigenvalue weighted by Crippen LogP contribution is 2.33. The van der Waals surface area contributed by atoms with Gasteiger partial charge in [0.2, 0.25) is 0 Å². The van der Waals surface area contributed by atoms with E-state index in [1.54, 1.807) is 34.9 Å². The van der Waals surface area contributed by atoms with E-state index < -0.39 is 0 Å². The van der Waals surface area contributed by atoms with Crippen LogP contribution in [0, 0.1) is 0 Å². The van der Waals surface area contributed by atoms with Crippen LogP contribution in [0.2, 0.25) is 0 Å². The SMILES string of the molecule is c1ccc2c(CSc3nnc(SC[C@@H]4CCCCO4)s3)cccc2c1. The van der Waals surface area contributed by atoms with E-state index in [0.717, 1.165) is 26.8 Å². The molecule has 0 amide bonds. The molecule has 0 aliphatic carbocycles. The second-order valence-electron chi connectivity index (χ2n) is 6.06. The maximum absolute atomic E-state index is 5.78. The van der Waals surface area contributed by atoms with Crippen LogP contribution in [0.5, 0.6) is 0 Å². The molecule has 4 rings (SSSR count). The molecule has 0 saturated carbocycles. The Morgan fingerprint density at radius 2 is 1.84 bits per heavy atom. The molecule has 0 unspecified atom stereocenters. The summed E-state index contributed by atoms with van der Waals surface area (Å²) in [6.45, 7) is 0.910. The standard InChI is InChI=1S/C19H20N2OS3/c1-2-10-17-14(6-1)7-5-8-15(17)12-23-18-20-21-19(25-18)24-13-16-9-3-4-11-22-16/h1-2,5-8,10,16H,3-4,9,11-13H2/t16-/m0/s1. The van der Waals surface area contributed by atoms with E-state index in [9.17, 15) is 0 Å². The fourth-order valence-electron chi connectivity index (χ4n) is 2.97. The smallest absolute Gasteiger partial charge is 0.175 e. The average molecular weight is 389 g/mol. The first-order valence-corrected chi connectivity index (χ1v) is 11.3. The van der Waals surface area contributed by atoms with Crippen LogP contribution in [0.1, 0.15) is 24.8 Å². The number of ether oxygens (including phenoxy) is 1. The van der Waals surface area contributed by atoms with Crippen molar-refractivity contribution in [2.45, 2.75) is 39.8 Å². The minimum atomic E-state index is 0.384. The van der Waals surface area contributed by atoms with Crippen LogP contribution in [0.4, 0.5) is 0 Å². The molecule has 1 aromatic heterocycles. The number of nitrogens with zero attached hydrogens (tertiary/aromatic N) is 2. The quantitative estimate of drug-likeness (QED) is 0.510. The Labute approximate surface area is 160 Å². The van der Waals surface area contributed by atoms with E-state index in [1.165, 1.54) is 35.6 Å². The van der Waals surface area contributed by atoms with Gasteiger partial charge in [0.05, 0.1) is 6.10 Å². The van der Waals surface area contributed by atoms with Gasteiger partial charge >= 0.3 is 0 Å². The van der Waals surface area contributed by atoms with Gasteiger partial charge < -0.3 is 4.74 Å². The van der Waals surface area contributed by atoms with Crippen LogP contribution in [-0.4, -0.2) is 28.7 Å². The van der Waals surface area contributed by atoms with Gasteiger partial charge in [-0.15, -0.1) is 10.2 Å². The summed E-state index contributed by atoms with van der Waals surface area (Å²) in [5, 5.41) is 11.3. The van der Waals surface area contributed by atoms with Gasteiger partial charge in [-0.25, -0.2) is 0 Å². The molecule has 0 N–H and O–H groups in total. The molecule has 1 atom stereocenters. The summed E-state index contributed by atoms with van der Waals surface area (Å²) in [6.07, 6.45) is 4.05. The van der Waals surface area contributed by atoms with Crippen molar-refractivity contribution in [1.29, 1.82) is 0 Å². The van der Waals surface area contributed by atoms with Crippen LogP contribution in [0.3, 0.4) is 0 Å². The highest BCUT2D eigenvalue weighted by atomic mass is 32.2. The van der Waals surface area contributed by atoms with Crippen molar-refractivity contribution in [3.8, 4) is 0 Å². The minimum absolute atomic E-state index is 0.384. The highest BCUT2D eigenvalue weighted by Gasteiger charge is 2.15. The number of aromatic nitrogens is 2. The molecule has 1 aliphatic rings. The molecule has 1 fully saturated rings. The number of benzene rings is 2. The molecular formula is C19H20N2OS3. The molecule has 0 spiro atoms. The van der Waals surface area contributed by atoms with Crippen molar-refractivity contribution >= 4 is 45.6 Å². The minimum Gasteiger partial charge on any atom is -0.377 e. The summed E-state index contributed by atoms with van der Waals surface area (Å²) in [6, 6.07) is 15.0. The fraction of sp³-hybridized carbons (Fsp3) is 0.368. The van der Waals surface area contributed by atoms with Gasteiger partial charge in [0.15, 0.2) is 8.68 Å². The van der Waals surface area contributed by atoms with Crippen LogP contribution in [-0.2, 0) is 10.5 Å². The third kappa shape index (κ3) is 4.56. The molecule has 2 aromatic carbocycles. The van der Waals surface area contributed by atoms with E-state index in [1.807, 2.05) is 0 Å². The Hall–Kier alpha value is -1.08. The van der Waals surface area contributed by atoms with E-state index in [2.05, 4.69) is 52.7 Å². The van der Waals surface area contributed by atoms with Gasteiger partial charge in [-0.2, -0.15) is 0 Å². The molecule has 1 saturated heterocycles. The largest absolute Gasteiger partial charge is 0.377 e. The van der Waals surface area contributed by atoms with Crippen LogP contribution >= 0.6 is 34.9 Å². The number of hydrogen-bond donors (Lipinski definition) is 0. The van der Waals surface area contributed by atoms with E-state index in [0.29, 0.717) is 6.10 Å². The number of fused-ring (bicyclic) bond motifs is 1. The van der Waals surface area contributed by atoms with Crippen molar-refractivity contribution in [3.63, 3.8) is 0 Å². The molecule has 130 valence electrons. The lowest BCUT2D eigenvalue weighted by Gasteiger charge is -2.21. The first-order chi connectivity index (χ1) is 12.4. The van der Waals surface area contributed by atoms with Crippen molar-refractivity contribution in [2.24, 2.45) is 0 Å². The molecule has 3 aromatic rings. The lowest BCUT2D eigenvalue weighted by molar-refractivity contribution is 0.0315. The van der Waals surface area contributed by atoms with Crippen molar-refractivity contribution in [1.82, 2.24) is 10.2 Å². The Bertz CT molecular complexity index is 825. The summed E-state index contributed by atoms with van der Waals surface area (Å²) >= 11 is 5.24. The zero-order valence-electron chi connectivity index (χ0n) is 13.9. The van der Waals surface area contributed by atoms with Crippen molar-refractivity contribution in [2.75, 3.05) is 12.4 Å². The van der Waals surface area contributed by atoms with Gasteiger partial charge in [-0.3, -0.25) is 0 Å². The molecule has 2 heterocycles. The Kier molecular flexibility index (Phi) is 5.92. The van der Waals surface area contributed by atoms with Gasteiger partial charge in [0.1, 0.15) is 0 Å². The predicted molar refractivity (Wildman–Crippen MR) is 108 cm³/mol. The summed E-state index contributed by atoms with van der Waals surface area (Å²) in [7, 11) is 0. The van der Waals surface area contributed by atoms with Crippen LogP contribution in [0.15, 0.2) is 51.1 Å². The summed E-state index contributed by atoms with van der Waals surface area (Å²) in [5.41, 5.74) is 1.35.